The Kier molecular flexibility index (Phi) is 5.01. The van der Waals surface area contributed by atoms with E-state index in [9.17, 15) is 9.90 Å². The maximum atomic E-state index is 11.7. The van der Waals surface area contributed by atoms with Crippen molar-refractivity contribution in [3.05, 3.63) is 29.3 Å². The molecular formula is C16H23NO3. The molecular weight excluding hydrogens is 254 g/mol. The number of ether oxygens (including phenoxy) is 1. The number of nitrogens with one attached hydrogen (secondary N) is 1. The summed E-state index contributed by atoms with van der Waals surface area (Å²) in [5.74, 6) is 0.592. The van der Waals surface area contributed by atoms with E-state index in [2.05, 4.69) is 5.32 Å². The van der Waals surface area contributed by atoms with Crippen molar-refractivity contribution in [2.24, 2.45) is 0 Å². The molecule has 0 saturated heterocycles. The Morgan fingerprint density at radius 2 is 2.35 bits per heavy atom. The molecule has 0 heterocycles. The van der Waals surface area contributed by atoms with Crippen LogP contribution in [0.15, 0.2) is 18.2 Å². The molecule has 2 unspecified atom stereocenters. The third-order valence-electron chi connectivity index (χ3n) is 3.79. The van der Waals surface area contributed by atoms with Crippen LogP contribution in [-0.2, 0) is 11.2 Å². The lowest BCUT2D eigenvalue weighted by atomic mass is 9.89. The molecule has 0 spiro atoms. The average Bonchev–Trinajstić information content (AvgIpc) is 2.45. The van der Waals surface area contributed by atoms with Crippen molar-refractivity contribution in [3.63, 3.8) is 0 Å². The lowest BCUT2D eigenvalue weighted by Crippen LogP contribution is -2.35. The molecule has 0 radical (unpaired) electrons. The van der Waals surface area contributed by atoms with Gasteiger partial charge in [-0.1, -0.05) is 13.0 Å². The Labute approximate surface area is 120 Å². The maximum absolute atomic E-state index is 11.7. The van der Waals surface area contributed by atoms with Crippen molar-refractivity contribution in [1.29, 1.82) is 0 Å². The van der Waals surface area contributed by atoms with E-state index in [4.69, 9.17) is 4.74 Å². The topological polar surface area (TPSA) is 58.6 Å². The minimum Gasteiger partial charge on any atom is -0.484 e. The van der Waals surface area contributed by atoms with Gasteiger partial charge in [0.05, 0.1) is 6.10 Å². The maximum Gasteiger partial charge on any atom is 0.258 e. The number of carbonyl (C=O) groups excluding carboxylic acids is 1. The fourth-order valence-corrected chi connectivity index (χ4v) is 2.42. The van der Waals surface area contributed by atoms with Crippen LogP contribution >= 0.6 is 0 Å². The third kappa shape index (κ3) is 3.73. The predicted molar refractivity (Wildman–Crippen MR) is 77.7 cm³/mol. The van der Waals surface area contributed by atoms with Gasteiger partial charge in [0.25, 0.3) is 5.91 Å². The highest BCUT2D eigenvalue weighted by atomic mass is 16.5. The standard InChI is InChI=1S/C16H23NO3/c1-3-11(2)17-16(19)10-20-13-7-8-14-12(9-13)5-4-6-15(14)18/h7-9,11,15,18H,3-6,10H2,1-2H3,(H,17,19). The van der Waals surface area contributed by atoms with E-state index < -0.39 is 0 Å². The molecule has 20 heavy (non-hydrogen) atoms. The molecule has 110 valence electrons. The highest BCUT2D eigenvalue weighted by Crippen LogP contribution is 2.31. The zero-order valence-electron chi connectivity index (χ0n) is 12.2. The summed E-state index contributed by atoms with van der Waals surface area (Å²) < 4.78 is 5.52. The molecule has 4 heteroatoms. The fraction of sp³-hybridized carbons (Fsp3) is 0.562. The van der Waals surface area contributed by atoms with Crippen LogP contribution in [0.5, 0.6) is 5.75 Å². The molecule has 2 N–H and O–H groups in total. The summed E-state index contributed by atoms with van der Waals surface area (Å²) in [5.41, 5.74) is 2.12. The van der Waals surface area contributed by atoms with Gasteiger partial charge in [0.1, 0.15) is 5.75 Å². The normalized spacial score (nSPS) is 19.1. The van der Waals surface area contributed by atoms with Gasteiger partial charge < -0.3 is 15.2 Å². The summed E-state index contributed by atoms with van der Waals surface area (Å²) in [5, 5.41) is 12.8. The molecule has 1 aromatic carbocycles. The predicted octanol–water partition coefficient (Wildman–Crippen LogP) is 2.35. The van der Waals surface area contributed by atoms with Gasteiger partial charge in [-0.05, 0) is 55.9 Å². The monoisotopic (exact) mass is 277 g/mol. The van der Waals surface area contributed by atoms with Crippen LogP contribution in [-0.4, -0.2) is 23.7 Å². The van der Waals surface area contributed by atoms with Crippen molar-refractivity contribution >= 4 is 5.91 Å². The number of amides is 1. The smallest absolute Gasteiger partial charge is 0.258 e. The van der Waals surface area contributed by atoms with Crippen molar-refractivity contribution < 1.29 is 14.6 Å². The second kappa shape index (κ2) is 6.75. The summed E-state index contributed by atoms with van der Waals surface area (Å²) >= 11 is 0. The third-order valence-corrected chi connectivity index (χ3v) is 3.79. The number of benzene rings is 1. The van der Waals surface area contributed by atoms with Gasteiger partial charge in [-0.15, -0.1) is 0 Å². The Morgan fingerprint density at radius 1 is 1.55 bits per heavy atom. The highest BCUT2D eigenvalue weighted by molar-refractivity contribution is 5.77. The van der Waals surface area contributed by atoms with Crippen LogP contribution in [0.3, 0.4) is 0 Å². The number of aryl methyl sites for hydroxylation is 1. The lowest BCUT2D eigenvalue weighted by Gasteiger charge is -2.21. The quantitative estimate of drug-likeness (QED) is 0.868. The van der Waals surface area contributed by atoms with Gasteiger partial charge in [0.2, 0.25) is 0 Å². The van der Waals surface area contributed by atoms with E-state index in [1.165, 1.54) is 0 Å². The first-order valence-corrected chi connectivity index (χ1v) is 7.33. The second-order valence-corrected chi connectivity index (χ2v) is 5.43. The van der Waals surface area contributed by atoms with E-state index >= 15 is 0 Å². The number of fused-ring (bicyclic) bond motifs is 1. The number of aliphatic hydroxyl groups excluding tert-OH is 1. The van der Waals surface area contributed by atoms with E-state index in [-0.39, 0.29) is 24.7 Å². The minimum atomic E-state index is -0.360. The van der Waals surface area contributed by atoms with Gasteiger partial charge in [0, 0.05) is 6.04 Å². The number of carbonyl (C=O) groups is 1. The Balaban J connectivity index is 1.92. The zero-order chi connectivity index (χ0) is 14.5. The molecule has 1 aliphatic rings. The zero-order valence-corrected chi connectivity index (χ0v) is 12.2. The molecule has 0 saturated carbocycles. The number of rotatable bonds is 5. The van der Waals surface area contributed by atoms with E-state index in [1.807, 2.05) is 32.0 Å². The summed E-state index contributed by atoms with van der Waals surface area (Å²) in [6, 6.07) is 5.84. The fourth-order valence-electron chi connectivity index (χ4n) is 2.42. The van der Waals surface area contributed by atoms with Crippen LogP contribution in [0.1, 0.15) is 50.3 Å². The SMILES string of the molecule is CCC(C)NC(=O)COc1ccc2c(c1)CCCC2O. The lowest BCUT2D eigenvalue weighted by molar-refractivity contribution is -0.123. The first kappa shape index (κ1) is 14.9. The molecule has 1 aromatic rings. The summed E-state index contributed by atoms with van der Waals surface area (Å²) in [6.45, 7) is 4.03. The Bertz CT molecular complexity index is 473. The van der Waals surface area contributed by atoms with Crippen LogP contribution in [0.25, 0.3) is 0 Å². The van der Waals surface area contributed by atoms with E-state index in [1.54, 1.807) is 0 Å². The minimum absolute atomic E-state index is 0.0334. The second-order valence-electron chi connectivity index (χ2n) is 5.43. The molecule has 2 rings (SSSR count). The number of aliphatic hydroxyl groups is 1. The summed E-state index contributed by atoms with van der Waals surface area (Å²) in [6.07, 6.45) is 3.32. The number of hydrogen-bond donors (Lipinski definition) is 2. The van der Waals surface area contributed by atoms with Crippen LogP contribution in [0.2, 0.25) is 0 Å². The Hall–Kier alpha value is -1.55. The molecule has 0 fully saturated rings. The molecule has 4 nitrogen and oxygen atoms in total. The first-order chi connectivity index (χ1) is 9.60. The molecule has 0 aliphatic heterocycles. The van der Waals surface area contributed by atoms with E-state index in [0.29, 0.717) is 5.75 Å². The van der Waals surface area contributed by atoms with E-state index in [0.717, 1.165) is 36.8 Å². The van der Waals surface area contributed by atoms with Crippen molar-refractivity contribution in [1.82, 2.24) is 5.32 Å². The van der Waals surface area contributed by atoms with Gasteiger partial charge >= 0.3 is 0 Å². The van der Waals surface area contributed by atoms with Crippen molar-refractivity contribution in [3.8, 4) is 5.75 Å². The van der Waals surface area contributed by atoms with Crippen LogP contribution < -0.4 is 10.1 Å². The van der Waals surface area contributed by atoms with Crippen LogP contribution in [0, 0.1) is 0 Å². The van der Waals surface area contributed by atoms with Gasteiger partial charge in [0.15, 0.2) is 6.61 Å². The summed E-state index contributed by atoms with van der Waals surface area (Å²) in [7, 11) is 0. The highest BCUT2D eigenvalue weighted by Gasteiger charge is 2.18. The molecule has 2 atom stereocenters. The van der Waals surface area contributed by atoms with Gasteiger partial charge in [-0.3, -0.25) is 4.79 Å². The average molecular weight is 277 g/mol. The van der Waals surface area contributed by atoms with Crippen molar-refractivity contribution in [2.75, 3.05) is 6.61 Å². The van der Waals surface area contributed by atoms with Gasteiger partial charge in [-0.2, -0.15) is 0 Å². The van der Waals surface area contributed by atoms with Crippen molar-refractivity contribution in [2.45, 2.75) is 51.7 Å². The molecule has 1 amide bonds. The first-order valence-electron chi connectivity index (χ1n) is 7.33. The molecule has 0 bridgehead atoms. The summed E-state index contributed by atoms with van der Waals surface area (Å²) in [4.78, 5) is 11.7. The van der Waals surface area contributed by atoms with Crippen LogP contribution in [0.4, 0.5) is 0 Å². The molecule has 0 aromatic heterocycles. The molecule has 1 aliphatic carbocycles. The number of hydrogen-bond acceptors (Lipinski definition) is 3. The largest absolute Gasteiger partial charge is 0.484 e. The Morgan fingerprint density at radius 3 is 3.10 bits per heavy atom. The van der Waals surface area contributed by atoms with Gasteiger partial charge in [-0.25, -0.2) is 0 Å².